The summed E-state index contributed by atoms with van der Waals surface area (Å²) < 4.78 is 6.00. The number of nitrogens with zero attached hydrogens (tertiary/aromatic N) is 1. The molecule has 2 aromatic rings. The van der Waals surface area contributed by atoms with Crippen molar-refractivity contribution in [2.24, 2.45) is 0 Å². The number of ether oxygens (including phenoxy) is 1. The van der Waals surface area contributed by atoms with Gasteiger partial charge < -0.3 is 9.72 Å². The summed E-state index contributed by atoms with van der Waals surface area (Å²) in [7, 11) is 0. The van der Waals surface area contributed by atoms with Crippen LogP contribution in [-0.2, 0) is 11.2 Å². The normalized spacial score (nSPS) is 16.0. The van der Waals surface area contributed by atoms with Crippen molar-refractivity contribution in [2.45, 2.75) is 45.1 Å². The molecule has 0 amide bonds. The SMILES string of the molecule is CC(=O)/C=C/Cc1c[nH]c2ncc(OC3CCCC3)cc12. The summed E-state index contributed by atoms with van der Waals surface area (Å²) in [4.78, 5) is 18.5. The Balaban J connectivity index is 1.79. The van der Waals surface area contributed by atoms with E-state index in [0.717, 1.165) is 35.2 Å². The molecule has 0 radical (unpaired) electrons. The Bertz CT molecular complexity index is 666. The van der Waals surface area contributed by atoms with Gasteiger partial charge in [-0.25, -0.2) is 4.98 Å². The number of rotatable bonds is 5. The second kappa shape index (κ2) is 6.12. The van der Waals surface area contributed by atoms with Gasteiger partial charge in [-0.1, -0.05) is 6.08 Å². The molecule has 1 fully saturated rings. The first kappa shape index (κ1) is 13.9. The van der Waals surface area contributed by atoms with Crippen molar-refractivity contribution in [1.29, 1.82) is 0 Å². The van der Waals surface area contributed by atoms with Gasteiger partial charge in [0.25, 0.3) is 0 Å². The number of fused-ring (bicyclic) bond motifs is 1. The molecule has 1 aliphatic rings. The van der Waals surface area contributed by atoms with Gasteiger partial charge in [0.1, 0.15) is 11.4 Å². The maximum atomic E-state index is 11.0. The number of aromatic nitrogens is 2. The quantitative estimate of drug-likeness (QED) is 0.854. The third-order valence-electron chi connectivity index (χ3n) is 3.89. The van der Waals surface area contributed by atoms with E-state index in [1.54, 1.807) is 19.2 Å². The molecular weight excluding hydrogens is 264 g/mol. The molecule has 0 unspecified atom stereocenters. The first-order valence-corrected chi connectivity index (χ1v) is 7.52. The average Bonchev–Trinajstić information content (AvgIpc) is 3.09. The highest BCUT2D eigenvalue weighted by Crippen LogP contribution is 2.27. The molecule has 0 spiro atoms. The molecule has 110 valence electrons. The zero-order valence-electron chi connectivity index (χ0n) is 12.3. The number of ketones is 1. The number of hydrogen-bond donors (Lipinski definition) is 1. The van der Waals surface area contributed by atoms with Crippen LogP contribution in [0, 0.1) is 0 Å². The van der Waals surface area contributed by atoms with Crippen molar-refractivity contribution in [1.82, 2.24) is 9.97 Å². The minimum Gasteiger partial charge on any atom is -0.489 e. The zero-order valence-corrected chi connectivity index (χ0v) is 12.3. The molecule has 0 atom stereocenters. The summed E-state index contributed by atoms with van der Waals surface area (Å²) in [6.07, 6.45) is 13.1. The monoisotopic (exact) mass is 284 g/mol. The van der Waals surface area contributed by atoms with Crippen LogP contribution >= 0.6 is 0 Å². The Labute approximate surface area is 124 Å². The fourth-order valence-corrected chi connectivity index (χ4v) is 2.82. The molecular formula is C17H20N2O2. The minimum absolute atomic E-state index is 0.0678. The highest BCUT2D eigenvalue weighted by Gasteiger charge is 2.17. The lowest BCUT2D eigenvalue weighted by atomic mass is 10.1. The van der Waals surface area contributed by atoms with E-state index in [-0.39, 0.29) is 5.78 Å². The fourth-order valence-electron chi connectivity index (χ4n) is 2.82. The van der Waals surface area contributed by atoms with Crippen molar-refractivity contribution >= 4 is 16.8 Å². The predicted molar refractivity (Wildman–Crippen MR) is 82.5 cm³/mol. The summed E-state index contributed by atoms with van der Waals surface area (Å²) in [5, 5.41) is 1.07. The van der Waals surface area contributed by atoms with Crippen LogP contribution in [0.5, 0.6) is 5.75 Å². The van der Waals surface area contributed by atoms with E-state index in [9.17, 15) is 4.79 Å². The number of aromatic amines is 1. The van der Waals surface area contributed by atoms with E-state index in [1.165, 1.54) is 12.8 Å². The minimum atomic E-state index is 0.0678. The third-order valence-corrected chi connectivity index (χ3v) is 3.89. The summed E-state index contributed by atoms with van der Waals surface area (Å²) in [6, 6.07) is 2.05. The number of nitrogens with one attached hydrogen (secondary N) is 1. The lowest BCUT2D eigenvalue weighted by molar-refractivity contribution is -0.112. The number of carbonyl (C=O) groups excluding carboxylic acids is 1. The summed E-state index contributed by atoms with van der Waals surface area (Å²) in [5.41, 5.74) is 1.99. The third kappa shape index (κ3) is 3.32. The van der Waals surface area contributed by atoms with Crippen molar-refractivity contribution < 1.29 is 9.53 Å². The van der Waals surface area contributed by atoms with Gasteiger partial charge in [-0.2, -0.15) is 0 Å². The molecule has 3 rings (SSSR count). The van der Waals surface area contributed by atoms with E-state index in [4.69, 9.17) is 4.74 Å². The van der Waals surface area contributed by atoms with Gasteiger partial charge in [-0.15, -0.1) is 0 Å². The van der Waals surface area contributed by atoms with Crippen molar-refractivity contribution in [3.05, 3.63) is 36.2 Å². The molecule has 0 aromatic carbocycles. The molecule has 1 saturated carbocycles. The van der Waals surface area contributed by atoms with Gasteiger partial charge in [-0.05, 0) is 56.7 Å². The molecule has 21 heavy (non-hydrogen) atoms. The Hall–Kier alpha value is -2.10. The number of hydrogen-bond acceptors (Lipinski definition) is 3. The predicted octanol–water partition coefficient (Wildman–Crippen LogP) is 3.57. The second-order valence-corrected chi connectivity index (χ2v) is 5.62. The summed E-state index contributed by atoms with van der Waals surface area (Å²) >= 11 is 0. The van der Waals surface area contributed by atoms with Crippen molar-refractivity contribution in [3.8, 4) is 5.75 Å². The van der Waals surface area contributed by atoms with Crippen LogP contribution in [0.3, 0.4) is 0 Å². The molecule has 4 nitrogen and oxygen atoms in total. The first-order chi connectivity index (χ1) is 10.2. The largest absolute Gasteiger partial charge is 0.489 e. The zero-order chi connectivity index (χ0) is 14.7. The van der Waals surface area contributed by atoms with E-state index in [1.807, 2.05) is 18.3 Å². The van der Waals surface area contributed by atoms with Gasteiger partial charge in [-0.3, -0.25) is 4.79 Å². The van der Waals surface area contributed by atoms with Crippen LogP contribution in [0.25, 0.3) is 11.0 Å². The van der Waals surface area contributed by atoms with Crippen LogP contribution in [-0.4, -0.2) is 21.9 Å². The maximum absolute atomic E-state index is 11.0. The number of allylic oxidation sites excluding steroid dienone is 2. The molecule has 2 heterocycles. The van der Waals surface area contributed by atoms with Gasteiger partial charge in [0.2, 0.25) is 0 Å². The summed E-state index contributed by atoms with van der Waals surface area (Å²) in [6.45, 7) is 1.56. The highest BCUT2D eigenvalue weighted by atomic mass is 16.5. The second-order valence-electron chi connectivity index (χ2n) is 5.62. The van der Waals surface area contributed by atoms with Gasteiger partial charge in [0.05, 0.1) is 12.3 Å². The molecule has 2 aromatic heterocycles. The Morgan fingerprint density at radius 3 is 3.05 bits per heavy atom. The van der Waals surface area contributed by atoms with Crippen LogP contribution < -0.4 is 4.74 Å². The van der Waals surface area contributed by atoms with Crippen molar-refractivity contribution in [3.63, 3.8) is 0 Å². The lowest BCUT2D eigenvalue weighted by Gasteiger charge is -2.12. The van der Waals surface area contributed by atoms with Crippen LogP contribution in [0.2, 0.25) is 0 Å². The molecule has 0 aliphatic heterocycles. The smallest absolute Gasteiger partial charge is 0.152 e. The van der Waals surface area contributed by atoms with Gasteiger partial charge >= 0.3 is 0 Å². The standard InChI is InChI=1S/C17H20N2O2/c1-12(20)5-4-6-13-10-18-17-16(13)9-15(11-19-17)21-14-7-2-3-8-14/h4-5,9-11,14H,2-3,6-8H2,1H3,(H,18,19)/b5-4+. The lowest BCUT2D eigenvalue weighted by Crippen LogP contribution is -2.10. The number of pyridine rings is 1. The van der Waals surface area contributed by atoms with Crippen LogP contribution in [0.1, 0.15) is 38.2 Å². The number of carbonyl (C=O) groups is 1. The van der Waals surface area contributed by atoms with Crippen LogP contribution in [0.15, 0.2) is 30.6 Å². The fraction of sp³-hybridized carbons (Fsp3) is 0.412. The number of H-pyrrole nitrogens is 1. The van der Waals surface area contributed by atoms with Crippen molar-refractivity contribution in [2.75, 3.05) is 0 Å². The highest BCUT2D eigenvalue weighted by molar-refractivity contribution is 5.87. The topological polar surface area (TPSA) is 55.0 Å². The van der Waals surface area contributed by atoms with Gasteiger partial charge in [0.15, 0.2) is 5.78 Å². The van der Waals surface area contributed by atoms with E-state index >= 15 is 0 Å². The molecule has 0 saturated heterocycles. The molecule has 1 N–H and O–H groups in total. The summed E-state index contributed by atoms with van der Waals surface area (Å²) in [5.74, 6) is 0.906. The maximum Gasteiger partial charge on any atom is 0.152 e. The van der Waals surface area contributed by atoms with E-state index < -0.39 is 0 Å². The Morgan fingerprint density at radius 1 is 1.48 bits per heavy atom. The van der Waals surface area contributed by atoms with E-state index in [0.29, 0.717) is 12.5 Å². The molecule has 1 aliphatic carbocycles. The molecule has 4 heteroatoms. The van der Waals surface area contributed by atoms with Gasteiger partial charge in [0, 0.05) is 11.6 Å². The first-order valence-electron chi connectivity index (χ1n) is 7.52. The Kier molecular flexibility index (Phi) is 4.04. The Morgan fingerprint density at radius 2 is 2.29 bits per heavy atom. The van der Waals surface area contributed by atoms with E-state index in [2.05, 4.69) is 9.97 Å². The molecule has 0 bridgehead atoms. The van der Waals surface area contributed by atoms with Crippen LogP contribution in [0.4, 0.5) is 0 Å². The average molecular weight is 284 g/mol.